The summed E-state index contributed by atoms with van der Waals surface area (Å²) in [6.07, 6.45) is 6.91. The van der Waals surface area contributed by atoms with Gasteiger partial charge in [-0.2, -0.15) is 0 Å². The maximum absolute atomic E-state index is 11.5. The van der Waals surface area contributed by atoms with Gasteiger partial charge in [0.05, 0.1) is 0 Å². The molecule has 1 saturated carbocycles. The molecule has 0 aromatic carbocycles. The van der Waals surface area contributed by atoms with Crippen LogP contribution in [0.15, 0.2) is 0 Å². The van der Waals surface area contributed by atoms with Crippen molar-refractivity contribution in [3.63, 3.8) is 0 Å². The molecule has 1 aliphatic carbocycles. The van der Waals surface area contributed by atoms with Crippen molar-refractivity contribution in [2.75, 3.05) is 13.1 Å². The van der Waals surface area contributed by atoms with Gasteiger partial charge in [0.15, 0.2) is 0 Å². The average molecular weight is 254 g/mol. The highest BCUT2D eigenvalue weighted by atomic mass is 16.1. The standard InChI is InChI=1S/C15H30N2O/c1-4-9-17-15(18)8-10-16-14-7-5-6-13(11-14)12(2)3/h12-14,16H,4-11H2,1-3H3,(H,17,18). The van der Waals surface area contributed by atoms with Crippen LogP contribution in [0.2, 0.25) is 0 Å². The quantitative estimate of drug-likeness (QED) is 0.733. The molecule has 0 aliphatic heterocycles. The summed E-state index contributed by atoms with van der Waals surface area (Å²) in [4.78, 5) is 11.5. The highest BCUT2D eigenvalue weighted by molar-refractivity contribution is 5.75. The van der Waals surface area contributed by atoms with E-state index in [0.717, 1.165) is 31.3 Å². The third-order valence-electron chi connectivity index (χ3n) is 4.01. The summed E-state index contributed by atoms with van der Waals surface area (Å²) in [7, 11) is 0. The molecule has 2 N–H and O–H groups in total. The van der Waals surface area contributed by atoms with Gasteiger partial charge in [0.1, 0.15) is 0 Å². The summed E-state index contributed by atoms with van der Waals surface area (Å²) >= 11 is 0. The molecule has 0 aromatic heterocycles. The van der Waals surface area contributed by atoms with E-state index in [2.05, 4.69) is 31.4 Å². The fraction of sp³-hybridized carbons (Fsp3) is 0.933. The first-order valence-corrected chi connectivity index (χ1v) is 7.63. The number of hydrogen-bond acceptors (Lipinski definition) is 2. The Labute approximate surface area is 112 Å². The first-order valence-electron chi connectivity index (χ1n) is 7.63. The third kappa shape index (κ3) is 5.85. The van der Waals surface area contributed by atoms with Crippen molar-refractivity contribution < 1.29 is 4.79 Å². The molecule has 3 heteroatoms. The van der Waals surface area contributed by atoms with Gasteiger partial charge in [0.25, 0.3) is 0 Å². The molecule has 2 atom stereocenters. The van der Waals surface area contributed by atoms with E-state index < -0.39 is 0 Å². The molecule has 106 valence electrons. The van der Waals surface area contributed by atoms with Crippen LogP contribution < -0.4 is 10.6 Å². The summed E-state index contributed by atoms with van der Waals surface area (Å²) < 4.78 is 0. The van der Waals surface area contributed by atoms with Crippen molar-refractivity contribution in [3.8, 4) is 0 Å². The second-order valence-corrected chi connectivity index (χ2v) is 5.92. The predicted molar refractivity (Wildman–Crippen MR) is 76.5 cm³/mol. The topological polar surface area (TPSA) is 41.1 Å². The highest BCUT2D eigenvalue weighted by Gasteiger charge is 2.23. The summed E-state index contributed by atoms with van der Waals surface area (Å²) in [5.41, 5.74) is 0. The lowest BCUT2D eigenvalue weighted by molar-refractivity contribution is -0.121. The first kappa shape index (κ1) is 15.5. The SMILES string of the molecule is CCCNC(=O)CCNC1CCCC(C(C)C)C1. The number of carbonyl (C=O) groups is 1. The molecule has 1 amide bonds. The molecule has 2 unspecified atom stereocenters. The van der Waals surface area contributed by atoms with Gasteiger partial charge in [-0.15, -0.1) is 0 Å². The smallest absolute Gasteiger partial charge is 0.221 e. The molecular formula is C15H30N2O. The molecular weight excluding hydrogens is 224 g/mol. The molecule has 1 fully saturated rings. The number of nitrogens with one attached hydrogen (secondary N) is 2. The Balaban J connectivity index is 2.13. The zero-order valence-electron chi connectivity index (χ0n) is 12.3. The fourth-order valence-electron chi connectivity index (χ4n) is 2.76. The van der Waals surface area contributed by atoms with Gasteiger partial charge in [-0.3, -0.25) is 4.79 Å². The lowest BCUT2D eigenvalue weighted by Gasteiger charge is -2.32. The second-order valence-electron chi connectivity index (χ2n) is 5.92. The Morgan fingerprint density at radius 1 is 1.28 bits per heavy atom. The Morgan fingerprint density at radius 3 is 2.72 bits per heavy atom. The van der Waals surface area contributed by atoms with Crippen LogP contribution in [0.25, 0.3) is 0 Å². The van der Waals surface area contributed by atoms with E-state index in [1.165, 1.54) is 25.7 Å². The minimum absolute atomic E-state index is 0.181. The molecule has 3 nitrogen and oxygen atoms in total. The second kappa shape index (κ2) is 8.52. The summed E-state index contributed by atoms with van der Waals surface area (Å²) in [5, 5.41) is 6.47. The van der Waals surface area contributed by atoms with Gasteiger partial charge in [0, 0.05) is 25.6 Å². The van der Waals surface area contributed by atoms with Crippen molar-refractivity contribution in [2.45, 2.75) is 65.3 Å². The molecule has 0 bridgehead atoms. The maximum atomic E-state index is 11.5. The molecule has 0 spiro atoms. The molecule has 1 aliphatic rings. The van der Waals surface area contributed by atoms with Gasteiger partial charge < -0.3 is 10.6 Å². The van der Waals surface area contributed by atoms with Crippen molar-refractivity contribution in [3.05, 3.63) is 0 Å². The van der Waals surface area contributed by atoms with Gasteiger partial charge in [0.2, 0.25) is 5.91 Å². The van der Waals surface area contributed by atoms with E-state index in [9.17, 15) is 4.79 Å². The van der Waals surface area contributed by atoms with Crippen molar-refractivity contribution in [2.24, 2.45) is 11.8 Å². The molecule has 0 aromatic rings. The van der Waals surface area contributed by atoms with Crippen LogP contribution >= 0.6 is 0 Å². The van der Waals surface area contributed by atoms with Gasteiger partial charge in [-0.05, 0) is 31.1 Å². The Morgan fingerprint density at radius 2 is 2.06 bits per heavy atom. The molecule has 1 rings (SSSR count). The zero-order valence-corrected chi connectivity index (χ0v) is 12.3. The maximum Gasteiger partial charge on any atom is 0.221 e. The molecule has 18 heavy (non-hydrogen) atoms. The van der Waals surface area contributed by atoms with Crippen molar-refractivity contribution >= 4 is 5.91 Å². The molecule has 0 heterocycles. The minimum atomic E-state index is 0.181. The number of carbonyl (C=O) groups excluding carboxylic acids is 1. The lowest BCUT2D eigenvalue weighted by Crippen LogP contribution is -2.37. The monoisotopic (exact) mass is 254 g/mol. The van der Waals surface area contributed by atoms with E-state index in [1.807, 2.05) is 0 Å². The fourth-order valence-corrected chi connectivity index (χ4v) is 2.76. The van der Waals surface area contributed by atoms with Crippen LogP contribution in [0.3, 0.4) is 0 Å². The van der Waals surface area contributed by atoms with Gasteiger partial charge in [-0.1, -0.05) is 33.6 Å². The van der Waals surface area contributed by atoms with Crippen molar-refractivity contribution in [1.82, 2.24) is 10.6 Å². The Bertz CT molecular complexity index is 241. The minimum Gasteiger partial charge on any atom is -0.356 e. The Hall–Kier alpha value is -0.570. The highest BCUT2D eigenvalue weighted by Crippen LogP contribution is 2.29. The van der Waals surface area contributed by atoms with Crippen LogP contribution in [0.1, 0.15) is 59.3 Å². The number of hydrogen-bond donors (Lipinski definition) is 2. The van der Waals surface area contributed by atoms with E-state index in [0.29, 0.717) is 12.5 Å². The predicted octanol–water partition coefficient (Wildman–Crippen LogP) is 2.71. The van der Waals surface area contributed by atoms with E-state index in [-0.39, 0.29) is 5.91 Å². The van der Waals surface area contributed by atoms with Gasteiger partial charge in [-0.25, -0.2) is 0 Å². The molecule has 0 saturated heterocycles. The van der Waals surface area contributed by atoms with Crippen LogP contribution in [0, 0.1) is 11.8 Å². The van der Waals surface area contributed by atoms with Crippen molar-refractivity contribution in [1.29, 1.82) is 0 Å². The van der Waals surface area contributed by atoms with E-state index >= 15 is 0 Å². The van der Waals surface area contributed by atoms with E-state index in [1.54, 1.807) is 0 Å². The summed E-state index contributed by atoms with van der Waals surface area (Å²) in [6.45, 7) is 8.35. The summed E-state index contributed by atoms with van der Waals surface area (Å²) in [6, 6.07) is 0.630. The molecule has 0 radical (unpaired) electrons. The van der Waals surface area contributed by atoms with Crippen LogP contribution in [0.5, 0.6) is 0 Å². The number of rotatable bonds is 7. The average Bonchev–Trinajstić information content (AvgIpc) is 2.36. The van der Waals surface area contributed by atoms with E-state index in [4.69, 9.17) is 0 Å². The Kier molecular flexibility index (Phi) is 7.33. The van der Waals surface area contributed by atoms with Crippen LogP contribution in [0.4, 0.5) is 0 Å². The zero-order chi connectivity index (χ0) is 13.4. The first-order chi connectivity index (χ1) is 8.63. The summed E-state index contributed by atoms with van der Waals surface area (Å²) in [5.74, 6) is 1.84. The third-order valence-corrected chi connectivity index (χ3v) is 4.01. The van der Waals surface area contributed by atoms with Crippen LogP contribution in [-0.4, -0.2) is 25.0 Å². The van der Waals surface area contributed by atoms with Gasteiger partial charge >= 0.3 is 0 Å². The lowest BCUT2D eigenvalue weighted by atomic mass is 9.79. The van der Waals surface area contributed by atoms with Crippen LogP contribution in [-0.2, 0) is 4.79 Å². The normalized spacial score (nSPS) is 24.2. The number of amides is 1. The largest absolute Gasteiger partial charge is 0.356 e.